The Balaban J connectivity index is 1.38. The van der Waals surface area contributed by atoms with Gasteiger partial charge < -0.3 is 24.5 Å². The number of halogens is 2. The molecule has 1 aliphatic heterocycles. The molecular formula is C39H40Cl2N6O3. The number of primary amides is 1. The van der Waals surface area contributed by atoms with E-state index < -0.39 is 5.91 Å². The van der Waals surface area contributed by atoms with Gasteiger partial charge in [0.1, 0.15) is 17.1 Å². The van der Waals surface area contributed by atoms with Crippen LogP contribution in [0.25, 0.3) is 32.9 Å². The molecule has 4 heterocycles. The second-order valence-corrected chi connectivity index (χ2v) is 14.2. The quantitative estimate of drug-likeness (QED) is 0.160. The summed E-state index contributed by atoms with van der Waals surface area (Å²) >= 11 is 13.5. The number of carbonyl (C=O) groups excluding carboxylic acids is 2. The van der Waals surface area contributed by atoms with Crippen molar-refractivity contribution in [2.45, 2.75) is 53.5 Å². The predicted molar refractivity (Wildman–Crippen MR) is 201 cm³/mol. The topological polar surface area (TPSA) is 100 Å². The number of anilines is 1. The summed E-state index contributed by atoms with van der Waals surface area (Å²) < 4.78 is 12.0. The average molecular weight is 712 g/mol. The number of rotatable bonds is 8. The molecule has 0 fully saturated rings. The summed E-state index contributed by atoms with van der Waals surface area (Å²) in [6, 6.07) is 15.3. The molecule has 0 unspecified atom stereocenters. The van der Waals surface area contributed by atoms with Gasteiger partial charge in [-0.3, -0.25) is 14.3 Å². The Morgan fingerprint density at radius 1 is 1.00 bits per heavy atom. The fourth-order valence-electron chi connectivity index (χ4n) is 7.75. The molecule has 6 aromatic rings. The van der Waals surface area contributed by atoms with Crippen LogP contribution in [0, 0.1) is 27.7 Å². The molecule has 2 amide bonds. The highest BCUT2D eigenvalue weighted by Crippen LogP contribution is 2.45. The van der Waals surface area contributed by atoms with Crippen LogP contribution in [0.4, 0.5) is 5.69 Å². The Morgan fingerprint density at radius 3 is 2.38 bits per heavy atom. The van der Waals surface area contributed by atoms with Gasteiger partial charge in [0.05, 0.1) is 34.0 Å². The first-order valence-electron chi connectivity index (χ1n) is 16.8. The second-order valence-electron chi connectivity index (χ2n) is 13.4. The Morgan fingerprint density at radius 2 is 1.72 bits per heavy atom. The predicted octanol–water partition coefficient (Wildman–Crippen LogP) is 8.41. The highest BCUT2D eigenvalue weighted by molar-refractivity contribution is 6.35. The zero-order valence-electron chi connectivity index (χ0n) is 29.3. The van der Waals surface area contributed by atoms with Gasteiger partial charge in [0.2, 0.25) is 0 Å². The van der Waals surface area contributed by atoms with Crippen LogP contribution in [0.1, 0.15) is 68.4 Å². The number of hydrogen-bond acceptors (Lipinski definition) is 4. The molecule has 7 rings (SSSR count). The van der Waals surface area contributed by atoms with E-state index in [1.54, 1.807) is 10.6 Å². The molecule has 0 radical (unpaired) electrons. The lowest BCUT2D eigenvalue weighted by Gasteiger charge is -2.34. The molecule has 9 nitrogen and oxygen atoms in total. The van der Waals surface area contributed by atoms with E-state index in [1.807, 2.05) is 93.8 Å². The molecule has 1 aliphatic rings. The van der Waals surface area contributed by atoms with Crippen molar-refractivity contribution in [3.63, 3.8) is 0 Å². The lowest BCUT2D eigenvalue weighted by atomic mass is 9.98. The monoisotopic (exact) mass is 710 g/mol. The van der Waals surface area contributed by atoms with Gasteiger partial charge in [-0.2, -0.15) is 5.10 Å². The zero-order chi connectivity index (χ0) is 35.8. The van der Waals surface area contributed by atoms with Gasteiger partial charge in [0.15, 0.2) is 0 Å². The van der Waals surface area contributed by atoms with Crippen molar-refractivity contribution in [2.24, 2.45) is 19.8 Å². The van der Waals surface area contributed by atoms with E-state index in [0.29, 0.717) is 42.4 Å². The minimum absolute atomic E-state index is 0.112. The third-order valence-electron chi connectivity index (χ3n) is 10.2. The van der Waals surface area contributed by atoms with Crippen molar-refractivity contribution in [1.82, 2.24) is 18.9 Å². The lowest BCUT2D eigenvalue weighted by molar-refractivity contribution is 0.0956. The molecule has 0 spiro atoms. The fourth-order valence-corrected chi connectivity index (χ4v) is 8.11. The number of fused-ring (bicyclic) bond motifs is 4. The molecule has 3 aromatic carbocycles. The van der Waals surface area contributed by atoms with Crippen LogP contribution in [-0.4, -0.2) is 43.9 Å². The Bertz CT molecular complexity index is 2360. The number of ether oxygens (including phenoxy) is 1. The second kappa shape index (κ2) is 12.5. The highest BCUT2D eigenvalue weighted by atomic mass is 35.5. The van der Waals surface area contributed by atoms with Crippen LogP contribution >= 0.6 is 23.2 Å². The number of aromatic nitrogens is 4. The van der Waals surface area contributed by atoms with Crippen molar-refractivity contribution < 1.29 is 14.3 Å². The Kier molecular flexibility index (Phi) is 8.47. The van der Waals surface area contributed by atoms with Gasteiger partial charge in [-0.05, 0) is 101 Å². The molecule has 1 atom stereocenters. The molecule has 0 bridgehead atoms. The summed E-state index contributed by atoms with van der Waals surface area (Å²) in [6.45, 7) is 11.0. The first kappa shape index (κ1) is 33.8. The molecule has 3 aromatic heterocycles. The molecule has 50 heavy (non-hydrogen) atoms. The van der Waals surface area contributed by atoms with E-state index in [0.717, 1.165) is 77.5 Å². The third-order valence-corrected chi connectivity index (χ3v) is 11.1. The number of aryl methyl sites for hydroxylation is 6. The van der Waals surface area contributed by atoms with E-state index in [9.17, 15) is 9.59 Å². The first-order valence-corrected chi connectivity index (χ1v) is 17.5. The van der Waals surface area contributed by atoms with Crippen molar-refractivity contribution in [3.8, 4) is 16.9 Å². The Labute approximate surface area is 301 Å². The number of benzene rings is 3. The van der Waals surface area contributed by atoms with Crippen LogP contribution in [0.5, 0.6) is 5.75 Å². The van der Waals surface area contributed by atoms with Gasteiger partial charge in [-0.15, -0.1) is 0 Å². The SMILES string of the molecule is Cc1cc(OCCCc2c3n(c4c(-c5c(C)nn(C)c5C)c(Cl)ccc24)[C@H](C)CN(c2cccc4c2cc(C(N)=O)n4C)C3=O)cc(C)c1Cl. The van der Waals surface area contributed by atoms with Crippen molar-refractivity contribution in [3.05, 3.63) is 98.0 Å². The van der Waals surface area contributed by atoms with Crippen LogP contribution in [-0.2, 0) is 20.5 Å². The van der Waals surface area contributed by atoms with Gasteiger partial charge in [-0.1, -0.05) is 35.3 Å². The molecule has 11 heteroatoms. The fraction of sp³-hybridized carbons (Fsp3) is 0.308. The van der Waals surface area contributed by atoms with Gasteiger partial charge in [-0.25, -0.2) is 0 Å². The number of nitrogens with two attached hydrogens (primary N) is 1. The molecule has 0 aliphatic carbocycles. The van der Waals surface area contributed by atoms with Crippen molar-refractivity contribution in [2.75, 3.05) is 18.1 Å². The summed E-state index contributed by atoms with van der Waals surface area (Å²) in [5.41, 5.74) is 15.8. The number of amides is 2. The maximum absolute atomic E-state index is 15.0. The number of carbonyl (C=O) groups is 2. The van der Waals surface area contributed by atoms with Gasteiger partial charge in [0.25, 0.3) is 11.8 Å². The minimum Gasteiger partial charge on any atom is -0.494 e. The molecular weight excluding hydrogens is 671 g/mol. The number of hydrogen-bond donors (Lipinski definition) is 1. The van der Waals surface area contributed by atoms with Crippen LogP contribution in [0.3, 0.4) is 0 Å². The van der Waals surface area contributed by atoms with Crippen molar-refractivity contribution in [1.29, 1.82) is 0 Å². The first-order chi connectivity index (χ1) is 23.8. The minimum atomic E-state index is -0.521. The molecule has 0 saturated heterocycles. The average Bonchev–Trinajstić information content (AvgIpc) is 3.68. The van der Waals surface area contributed by atoms with E-state index in [-0.39, 0.29) is 11.9 Å². The maximum atomic E-state index is 15.0. The van der Waals surface area contributed by atoms with Crippen LogP contribution in [0.15, 0.2) is 48.5 Å². The van der Waals surface area contributed by atoms with Crippen LogP contribution < -0.4 is 15.4 Å². The van der Waals surface area contributed by atoms with Crippen LogP contribution in [0.2, 0.25) is 10.0 Å². The van der Waals surface area contributed by atoms with Gasteiger partial charge in [0, 0.05) is 59.3 Å². The molecule has 0 saturated carbocycles. The summed E-state index contributed by atoms with van der Waals surface area (Å²) in [6.07, 6.45) is 1.28. The van der Waals surface area contributed by atoms with Gasteiger partial charge >= 0.3 is 0 Å². The zero-order valence-corrected chi connectivity index (χ0v) is 30.8. The lowest BCUT2D eigenvalue weighted by Crippen LogP contribution is -2.42. The van der Waals surface area contributed by atoms with E-state index in [1.165, 1.54) is 0 Å². The third kappa shape index (κ3) is 5.26. The van der Waals surface area contributed by atoms with Crippen molar-refractivity contribution >= 4 is 62.5 Å². The maximum Gasteiger partial charge on any atom is 0.275 e. The smallest absolute Gasteiger partial charge is 0.275 e. The standard InChI is InChI=1S/C39H40Cl2N6O3/c1-20-16-25(17-21(2)35(20)41)50-15-9-10-26-27-13-14-29(40)34(33-23(4)43-45(7)24(33)5)36(27)47-22(3)19-46(39(49)37(26)47)31-12-8-11-30-28(31)18-32(38(42)48)44(30)6/h8,11-14,16-18,22H,9-10,15,19H2,1-7H3,(H2,42,48)/t22-/m1/s1. The summed E-state index contributed by atoms with van der Waals surface area (Å²) in [7, 11) is 3.74. The summed E-state index contributed by atoms with van der Waals surface area (Å²) in [5.74, 6) is 0.136. The largest absolute Gasteiger partial charge is 0.494 e. The summed E-state index contributed by atoms with van der Waals surface area (Å²) in [5, 5.41) is 7.84. The highest BCUT2D eigenvalue weighted by Gasteiger charge is 2.37. The van der Waals surface area contributed by atoms with E-state index in [2.05, 4.69) is 11.5 Å². The Hall–Kier alpha value is -4.73. The molecule has 258 valence electrons. The molecule has 2 N–H and O–H groups in total. The van der Waals surface area contributed by atoms with E-state index >= 15 is 0 Å². The summed E-state index contributed by atoms with van der Waals surface area (Å²) in [4.78, 5) is 29.1. The number of nitrogens with zero attached hydrogens (tertiary/aromatic N) is 5. The normalized spacial score (nSPS) is 14.6. The van der Waals surface area contributed by atoms with E-state index in [4.69, 9.17) is 38.8 Å².